The van der Waals surface area contributed by atoms with Crippen LogP contribution in [0.2, 0.25) is 0 Å². The maximum Gasteiger partial charge on any atom is 0.298 e. The number of rotatable bonds is 0. The SMILES string of the molecule is Nc1c2c(cc3ccccc13)C(=O)N=NC2=O. The van der Waals surface area contributed by atoms with Gasteiger partial charge in [0.2, 0.25) is 0 Å². The fraction of sp³-hybridized carbons (Fsp3) is 0. The summed E-state index contributed by atoms with van der Waals surface area (Å²) in [6.45, 7) is 0. The van der Waals surface area contributed by atoms with Gasteiger partial charge in [-0.15, -0.1) is 10.2 Å². The third kappa shape index (κ3) is 1.25. The second-order valence-electron chi connectivity index (χ2n) is 3.74. The van der Waals surface area contributed by atoms with E-state index >= 15 is 0 Å². The van der Waals surface area contributed by atoms with Gasteiger partial charge in [0.15, 0.2) is 0 Å². The maximum absolute atomic E-state index is 11.6. The van der Waals surface area contributed by atoms with Crippen molar-refractivity contribution in [2.45, 2.75) is 0 Å². The highest BCUT2D eigenvalue weighted by atomic mass is 16.2. The number of hydrogen-bond donors (Lipinski definition) is 1. The Labute approximate surface area is 95.9 Å². The minimum absolute atomic E-state index is 0.156. The molecule has 0 unspecified atom stereocenters. The van der Waals surface area contributed by atoms with Crippen LogP contribution in [0.5, 0.6) is 0 Å². The average molecular weight is 225 g/mol. The molecule has 3 rings (SSSR count). The van der Waals surface area contributed by atoms with Crippen molar-refractivity contribution in [1.29, 1.82) is 0 Å². The molecule has 0 radical (unpaired) electrons. The van der Waals surface area contributed by atoms with E-state index in [1.807, 2.05) is 18.2 Å². The van der Waals surface area contributed by atoms with Gasteiger partial charge in [-0.25, -0.2) is 0 Å². The number of carbonyl (C=O) groups is 2. The number of azo groups is 1. The first-order valence-corrected chi connectivity index (χ1v) is 5.00. The van der Waals surface area contributed by atoms with Crippen LogP contribution in [-0.2, 0) is 0 Å². The largest absolute Gasteiger partial charge is 0.398 e. The number of nitrogens with two attached hydrogens (primary N) is 1. The summed E-state index contributed by atoms with van der Waals surface area (Å²) in [6.07, 6.45) is 0. The van der Waals surface area contributed by atoms with E-state index in [2.05, 4.69) is 10.2 Å². The summed E-state index contributed by atoms with van der Waals surface area (Å²) in [5.74, 6) is -1.10. The van der Waals surface area contributed by atoms with E-state index in [1.165, 1.54) is 0 Å². The zero-order chi connectivity index (χ0) is 12.0. The van der Waals surface area contributed by atoms with Crippen molar-refractivity contribution >= 4 is 28.3 Å². The van der Waals surface area contributed by atoms with Crippen molar-refractivity contribution in [2.75, 3.05) is 5.73 Å². The van der Waals surface area contributed by atoms with E-state index in [4.69, 9.17) is 5.73 Å². The monoisotopic (exact) mass is 225 g/mol. The molecule has 2 amide bonds. The highest BCUT2D eigenvalue weighted by Crippen LogP contribution is 2.31. The van der Waals surface area contributed by atoms with Crippen LogP contribution in [0.1, 0.15) is 20.7 Å². The van der Waals surface area contributed by atoms with Gasteiger partial charge in [0.25, 0.3) is 11.8 Å². The van der Waals surface area contributed by atoms with Crippen LogP contribution in [0, 0.1) is 0 Å². The van der Waals surface area contributed by atoms with Gasteiger partial charge in [0.05, 0.1) is 16.8 Å². The quantitative estimate of drug-likeness (QED) is 0.697. The topological polar surface area (TPSA) is 84.9 Å². The van der Waals surface area contributed by atoms with Gasteiger partial charge in [-0.3, -0.25) is 9.59 Å². The summed E-state index contributed by atoms with van der Waals surface area (Å²) >= 11 is 0. The molecule has 2 aromatic rings. The summed E-state index contributed by atoms with van der Waals surface area (Å²) in [5.41, 5.74) is 6.58. The molecular formula is C12H7N3O2. The normalized spacial score (nSPS) is 14.1. The summed E-state index contributed by atoms with van der Waals surface area (Å²) in [7, 11) is 0. The molecule has 0 aromatic heterocycles. The number of nitrogen functional groups attached to an aromatic ring is 1. The standard InChI is InChI=1S/C12H7N3O2/c13-10-7-4-2-1-3-6(7)5-8-9(10)12(17)15-14-11(8)16/h1-5H,13H2. The maximum atomic E-state index is 11.6. The minimum Gasteiger partial charge on any atom is -0.398 e. The second kappa shape index (κ2) is 3.21. The Morgan fingerprint density at radius 3 is 2.53 bits per heavy atom. The molecule has 0 aliphatic carbocycles. The van der Waals surface area contributed by atoms with E-state index in [0.29, 0.717) is 0 Å². The third-order valence-corrected chi connectivity index (χ3v) is 2.77. The first kappa shape index (κ1) is 9.65. The molecule has 1 heterocycles. The van der Waals surface area contributed by atoms with Gasteiger partial charge in [-0.05, 0) is 11.5 Å². The lowest BCUT2D eigenvalue weighted by Gasteiger charge is -2.12. The molecule has 1 aliphatic rings. The van der Waals surface area contributed by atoms with Gasteiger partial charge in [-0.2, -0.15) is 0 Å². The number of benzene rings is 2. The van der Waals surface area contributed by atoms with E-state index < -0.39 is 11.8 Å². The Kier molecular flexibility index (Phi) is 1.82. The lowest BCUT2D eigenvalue weighted by Crippen LogP contribution is -2.14. The van der Waals surface area contributed by atoms with Gasteiger partial charge >= 0.3 is 0 Å². The number of amides is 2. The number of hydrogen-bond acceptors (Lipinski definition) is 3. The molecule has 2 aromatic carbocycles. The number of fused-ring (bicyclic) bond motifs is 2. The minimum atomic E-state index is -0.567. The second-order valence-corrected chi connectivity index (χ2v) is 3.74. The van der Waals surface area contributed by atoms with Crippen LogP contribution in [0.15, 0.2) is 40.6 Å². The number of nitrogens with zero attached hydrogens (tertiary/aromatic N) is 2. The molecule has 0 saturated carbocycles. The summed E-state index contributed by atoms with van der Waals surface area (Å²) in [5, 5.41) is 8.11. The van der Waals surface area contributed by atoms with Crippen molar-refractivity contribution in [1.82, 2.24) is 0 Å². The predicted molar refractivity (Wildman–Crippen MR) is 61.9 cm³/mol. The smallest absolute Gasteiger partial charge is 0.298 e. The van der Waals surface area contributed by atoms with Crippen molar-refractivity contribution in [3.8, 4) is 0 Å². The Bertz CT molecular complexity index is 704. The van der Waals surface area contributed by atoms with Crippen LogP contribution in [-0.4, -0.2) is 11.8 Å². The highest BCUT2D eigenvalue weighted by molar-refractivity contribution is 6.18. The van der Waals surface area contributed by atoms with Crippen molar-refractivity contribution < 1.29 is 9.59 Å². The highest BCUT2D eigenvalue weighted by Gasteiger charge is 2.25. The molecule has 5 heteroatoms. The van der Waals surface area contributed by atoms with E-state index in [9.17, 15) is 9.59 Å². The van der Waals surface area contributed by atoms with Gasteiger partial charge in [-0.1, -0.05) is 24.3 Å². The zero-order valence-corrected chi connectivity index (χ0v) is 8.68. The molecule has 0 saturated heterocycles. The fourth-order valence-electron chi connectivity index (χ4n) is 1.97. The molecule has 1 aliphatic heterocycles. The van der Waals surface area contributed by atoms with Crippen LogP contribution in [0.3, 0.4) is 0 Å². The molecule has 17 heavy (non-hydrogen) atoms. The van der Waals surface area contributed by atoms with Crippen molar-refractivity contribution in [3.63, 3.8) is 0 Å². The Morgan fingerprint density at radius 1 is 1.00 bits per heavy atom. The van der Waals surface area contributed by atoms with Gasteiger partial charge in [0, 0.05) is 5.39 Å². The molecule has 0 atom stereocenters. The van der Waals surface area contributed by atoms with E-state index in [-0.39, 0.29) is 16.8 Å². The third-order valence-electron chi connectivity index (χ3n) is 2.77. The fourth-order valence-corrected chi connectivity index (χ4v) is 1.97. The Balaban J connectivity index is 2.48. The van der Waals surface area contributed by atoms with Gasteiger partial charge in [0.1, 0.15) is 0 Å². The summed E-state index contributed by atoms with van der Waals surface area (Å²) < 4.78 is 0. The van der Waals surface area contributed by atoms with Crippen LogP contribution >= 0.6 is 0 Å². The van der Waals surface area contributed by atoms with Crippen molar-refractivity contribution in [3.05, 3.63) is 41.5 Å². The Morgan fingerprint density at radius 2 is 1.71 bits per heavy atom. The van der Waals surface area contributed by atoms with E-state index in [1.54, 1.807) is 12.1 Å². The lowest BCUT2D eigenvalue weighted by molar-refractivity contribution is 0.0921. The number of carbonyl (C=O) groups excluding carboxylic acids is 2. The number of anilines is 1. The molecule has 0 spiro atoms. The van der Waals surface area contributed by atoms with Crippen LogP contribution in [0.25, 0.3) is 10.8 Å². The molecule has 2 N–H and O–H groups in total. The van der Waals surface area contributed by atoms with Crippen LogP contribution in [0.4, 0.5) is 5.69 Å². The Hall–Kier alpha value is -2.56. The molecule has 82 valence electrons. The predicted octanol–water partition coefficient (Wildman–Crippen LogP) is 2.17. The molecule has 0 bridgehead atoms. The van der Waals surface area contributed by atoms with Crippen LogP contribution < -0.4 is 5.73 Å². The first-order chi connectivity index (χ1) is 8.18. The molecule has 5 nitrogen and oxygen atoms in total. The summed E-state index contributed by atoms with van der Waals surface area (Å²) in [6, 6.07) is 8.91. The van der Waals surface area contributed by atoms with Crippen molar-refractivity contribution in [2.24, 2.45) is 10.2 Å². The molecular weight excluding hydrogens is 218 g/mol. The first-order valence-electron chi connectivity index (χ1n) is 5.00. The lowest BCUT2D eigenvalue weighted by atomic mass is 9.97. The summed E-state index contributed by atoms with van der Waals surface area (Å²) in [4.78, 5) is 23.2. The van der Waals surface area contributed by atoms with E-state index in [0.717, 1.165) is 10.8 Å². The molecule has 0 fully saturated rings. The zero-order valence-electron chi connectivity index (χ0n) is 8.68. The average Bonchev–Trinajstić information content (AvgIpc) is 2.34. The van der Waals surface area contributed by atoms with Gasteiger partial charge < -0.3 is 5.73 Å².